The summed E-state index contributed by atoms with van der Waals surface area (Å²) in [6.45, 7) is 4.07. The van der Waals surface area contributed by atoms with Crippen LogP contribution in [0.15, 0.2) is 36.4 Å². The number of likely N-dealkylation sites (N-methyl/N-ethyl adjacent to an activating group) is 1. The largest absolute Gasteiger partial charge is 0.481 e. The molecule has 0 aliphatic rings. The smallest absolute Gasteiger partial charge is 0.305 e. The van der Waals surface area contributed by atoms with Crippen LogP contribution in [0.3, 0.4) is 0 Å². The number of aliphatic carboxylic acids is 1. The average molecular weight is 261 g/mol. The number of nitrogens with zero attached hydrogens (tertiary/aromatic N) is 1. The number of carbonyl (C=O) groups excluding carboxylic acids is 1. The van der Waals surface area contributed by atoms with Gasteiger partial charge in [-0.1, -0.05) is 30.3 Å². The van der Waals surface area contributed by atoms with Crippen LogP contribution >= 0.6 is 0 Å². The van der Waals surface area contributed by atoms with Gasteiger partial charge in [0.05, 0.1) is 6.42 Å². The van der Waals surface area contributed by atoms with E-state index >= 15 is 0 Å². The summed E-state index contributed by atoms with van der Waals surface area (Å²) in [5.41, 5.74) is 0.942. The quantitative estimate of drug-likeness (QED) is 0.800. The van der Waals surface area contributed by atoms with Crippen molar-refractivity contribution in [2.45, 2.75) is 26.3 Å². The summed E-state index contributed by atoms with van der Waals surface area (Å²) in [5, 5.41) is 8.76. The summed E-state index contributed by atoms with van der Waals surface area (Å²) in [5.74, 6) is -1.06. The Morgan fingerprint density at radius 3 is 2.47 bits per heavy atom. The highest BCUT2D eigenvalue weighted by atomic mass is 16.4. The summed E-state index contributed by atoms with van der Waals surface area (Å²) in [6, 6.07) is 9.20. The number of hydrogen-bond acceptors (Lipinski definition) is 2. The van der Waals surface area contributed by atoms with E-state index in [9.17, 15) is 9.59 Å². The van der Waals surface area contributed by atoms with Crippen LogP contribution in [0.5, 0.6) is 0 Å². The van der Waals surface area contributed by atoms with E-state index in [2.05, 4.69) is 0 Å². The lowest BCUT2D eigenvalue weighted by Crippen LogP contribution is -2.38. The molecule has 1 amide bonds. The molecule has 1 rings (SSSR count). The molecule has 0 heterocycles. The SMILES string of the molecule is CCN(C(=O)/C=C/c1ccccc1)C(C)CC(=O)O. The van der Waals surface area contributed by atoms with Crippen molar-refractivity contribution in [1.82, 2.24) is 4.90 Å². The third kappa shape index (κ3) is 4.95. The zero-order chi connectivity index (χ0) is 14.3. The minimum atomic E-state index is -0.897. The molecule has 0 fully saturated rings. The first kappa shape index (κ1) is 15.0. The van der Waals surface area contributed by atoms with Gasteiger partial charge in [-0.3, -0.25) is 9.59 Å². The van der Waals surface area contributed by atoms with Gasteiger partial charge in [-0.25, -0.2) is 0 Å². The van der Waals surface area contributed by atoms with Crippen LogP contribution in [0.25, 0.3) is 6.08 Å². The Balaban J connectivity index is 2.69. The fourth-order valence-corrected chi connectivity index (χ4v) is 1.88. The second-order valence-electron chi connectivity index (χ2n) is 4.32. The Labute approximate surface area is 113 Å². The minimum absolute atomic E-state index is 0.0429. The number of carboxylic acids is 1. The molecule has 0 saturated carbocycles. The third-order valence-electron chi connectivity index (χ3n) is 2.84. The first-order valence-electron chi connectivity index (χ1n) is 6.30. The topological polar surface area (TPSA) is 57.6 Å². The first-order valence-corrected chi connectivity index (χ1v) is 6.30. The maximum Gasteiger partial charge on any atom is 0.305 e. The van der Waals surface area contributed by atoms with Crippen LogP contribution in [-0.4, -0.2) is 34.5 Å². The van der Waals surface area contributed by atoms with Gasteiger partial charge in [0.15, 0.2) is 0 Å². The molecule has 0 bridgehead atoms. The van der Waals surface area contributed by atoms with E-state index in [-0.39, 0.29) is 18.4 Å². The van der Waals surface area contributed by atoms with Crippen LogP contribution in [-0.2, 0) is 9.59 Å². The molecule has 1 atom stereocenters. The van der Waals surface area contributed by atoms with Crippen LogP contribution in [0, 0.1) is 0 Å². The lowest BCUT2D eigenvalue weighted by molar-refractivity contribution is -0.139. The van der Waals surface area contributed by atoms with Gasteiger partial charge in [0.1, 0.15) is 0 Å². The number of carbonyl (C=O) groups is 2. The number of benzene rings is 1. The molecule has 1 aromatic rings. The Kier molecular flexibility index (Phi) is 5.79. The Bertz CT molecular complexity index is 454. The van der Waals surface area contributed by atoms with Crippen molar-refractivity contribution in [3.05, 3.63) is 42.0 Å². The molecule has 0 saturated heterocycles. The highest BCUT2D eigenvalue weighted by Crippen LogP contribution is 2.07. The Morgan fingerprint density at radius 1 is 1.32 bits per heavy atom. The highest BCUT2D eigenvalue weighted by Gasteiger charge is 2.18. The predicted octanol–water partition coefficient (Wildman–Crippen LogP) is 2.41. The van der Waals surface area contributed by atoms with Crippen molar-refractivity contribution in [3.8, 4) is 0 Å². The zero-order valence-electron chi connectivity index (χ0n) is 11.2. The van der Waals surface area contributed by atoms with Crippen LogP contribution in [0.1, 0.15) is 25.8 Å². The van der Waals surface area contributed by atoms with E-state index < -0.39 is 5.97 Å². The van der Waals surface area contributed by atoms with E-state index in [1.54, 1.807) is 17.9 Å². The molecule has 102 valence electrons. The highest BCUT2D eigenvalue weighted by molar-refractivity contribution is 5.92. The van der Waals surface area contributed by atoms with Crippen molar-refractivity contribution in [1.29, 1.82) is 0 Å². The first-order chi connectivity index (χ1) is 9.04. The van der Waals surface area contributed by atoms with Gasteiger partial charge in [0.25, 0.3) is 0 Å². The summed E-state index contributed by atoms with van der Waals surface area (Å²) in [7, 11) is 0. The van der Waals surface area contributed by atoms with E-state index in [0.717, 1.165) is 5.56 Å². The summed E-state index contributed by atoms with van der Waals surface area (Å²) < 4.78 is 0. The zero-order valence-corrected chi connectivity index (χ0v) is 11.2. The second-order valence-corrected chi connectivity index (χ2v) is 4.32. The molecule has 0 spiro atoms. The molecule has 4 heteroatoms. The van der Waals surface area contributed by atoms with Gasteiger partial charge in [0.2, 0.25) is 5.91 Å². The van der Waals surface area contributed by atoms with Crippen molar-refractivity contribution < 1.29 is 14.7 Å². The average Bonchev–Trinajstić information content (AvgIpc) is 2.37. The molecule has 1 aromatic carbocycles. The molecule has 19 heavy (non-hydrogen) atoms. The van der Waals surface area contributed by atoms with Crippen molar-refractivity contribution in [3.63, 3.8) is 0 Å². The molecule has 4 nitrogen and oxygen atoms in total. The number of carboxylic acid groups (broad SMARTS) is 1. The number of amides is 1. The Morgan fingerprint density at radius 2 is 1.95 bits per heavy atom. The fraction of sp³-hybridized carbons (Fsp3) is 0.333. The second kappa shape index (κ2) is 7.36. The van der Waals surface area contributed by atoms with Crippen molar-refractivity contribution >= 4 is 18.0 Å². The third-order valence-corrected chi connectivity index (χ3v) is 2.84. The van der Waals surface area contributed by atoms with E-state index in [4.69, 9.17) is 5.11 Å². The van der Waals surface area contributed by atoms with Crippen LogP contribution in [0.4, 0.5) is 0 Å². The molecule has 0 radical (unpaired) electrons. The predicted molar refractivity (Wildman–Crippen MR) is 74.6 cm³/mol. The molecular formula is C15H19NO3. The molecular weight excluding hydrogens is 242 g/mol. The van der Waals surface area contributed by atoms with Gasteiger partial charge in [-0.05, 0) is 25.5 Å². The summed E-state index contributed by atoms with van der Waals surface area (Å²) in [4.78, 5) is 24.2. The van der Waals surface area contributed by atoms with Gasteiger partial charge in [0, 0.05) is 18.7 Å². The number of hydrogen-bond donors (Lipinski definition) is 1. The Hall–Kier alpha value is -2.10. The van der Waals surface area contributed by atoms with Gasteiger partial charge < -0.3 is 10.0 Å². The van der Waals surface area contributed by atoms with Gasteiger partial charge >= 0.3 is 5.97 Å². The minimum Gasteiger partial charge on any atom is -0.481 e. The van der Waals surface area contributed by atoms with E-state index in [0.29, 0.717) is 6.54 Å². The van der Waals surface area contributed by atoms with Crippen molar-refractivity contribution in [2.75, 3.05) is 6.54 Å². The van der Waals surface area contributed by atoms with E-state index in [1.165, 1.54) is 6.08 Å². The lowest BCUT2D eigenvalue weighted by atomic mass is 10.2. The van der Waals surface area contributed by atoms with Gasteiger partial charge in [-0.2, -0.15) is 0 Å². The maximum absolute atomic E-state index is 12.0. The fourth-order valence-electron chi connectivity index (χ4n) is 1.88. The van der Waals surface area contributed by atoms with Crippen LogP contribution < -0.4 is 0 Å². The lowest BCUT2D eigenvalue weighted by Gasteiger charge is -2.25. The molecule has 0 aliphatic heterocycles. The normalized spacial score (nSPS) is 12.3. The number of rotatable bonds is 6. The molecule has 0 aliphatic carbocycles. The molecule has 0 aromatic heterocycles. The van der Waals surface area contributed by atoms with E-state index in [1.807, 2.05) is 37.3 Å². The molecule has 1 unspecified atom stereocenters. The van der Waals surface area contributed by atoms with Crippen LogP contribution in [0.2, 0.25) is 0 Å². The summed E-state index contributed by atoms with van der Waals surface area (Å²) >= 11 is 0. The summed E-state index contributed by atoms with van der Waals surface area (Å²) in [6.07, 6.45) is 3.18. The molecule has 1 N–H and O–H groups in total. The maximum atomic E-state index is 12.0. The van der Waals surface area contributed by atoms with Crippen molar-refractivity contribution in [2.24, 2.45) is 0 Å². The van der Waals surface area contributed by atoms with Gasteiger partial charge in [-0.15, -0.1) is 0 Å². The standard InChI is InChI=1S/C15H19NO3/c1-3-16(12(2)11-15(18)19)14(17)10-9-13-7-5-4-6-8-13/h4-10,12H,3,11H2,1-2H3,(H,18,19)/b10-9+. The monoisotopic (exact) mass is 261 g/mol.